The Hall–Kier alpha value is -5.33. The predicted molar refractivity (Wildman–Crippen MR) is 168 cm³/mol. The van der Waals surface area contributed by atoms with E-state index in [1.165, 1.54) is 11.0 Å². The summed E-state index contributed by atoms with van der Waals surface area (Å²) in [7, 11) is 0. The van der Waals surface area contributed by atoms with Gasteiger partial charge in [0.2, 0.25) is 11.5 Å². The number of halogens is 2. The Kier molecular flexibility index (Phi) is 8.41. The molecule has 14 heteroatoms. The zero-order valence-electron chi connectivity index (χ0n) is 23.4. The van der Waals surface area contributed by atoms with E-state index in [1.54, 1.807) is 36.4 Å². The van der Waals surface area contributed by atoms with Crippen molar-refractivity contribution in [2.75, 3.05) is 0 Å². The SMILES string of the molecule is O=C(CCc1cc(Cl)ccc1-n1cnnn1)N[C@@H](Cc1ccccc1)c1nc(-c2ccc3[nH]c(=O)cc(C(=O)O)c3c2)c(Cl)[nH]1. The molecule has 0 radical (unpaired) electrons. The first-order chi connectivity index (χ1) is 21.7. The van der Waals surface area contributed by atoms with E-state index in [2.05, 4.69) is 30.8 Å². The van der Waals surface area contributed by atoms with Gasteiger partial charge < -0.3 is 20.4 Å². The summed E-state index contributed by atoms with van der Waals surface area (Å²) in [4.78, 5) is 47.6. The number of imidazole rings is 1. The van der Waals surface area contributed by atoms with Crippen molar-refractivity contribution in [3.63, 3.8) is 0 Å². The lowest BCUT2D eigenvalue weighted by Gasteiger charge is -2.17. The number of carboxylic acids is 1. The molecule has 1 amide bonds. The maximum atomic E-state index is 13.4. The van der Waals surface area contributed by atoms with E-state index in [1.807, 2.05) is 30.3 Å². The minimum Gasteiger partial charge on any atom is -0.478 e. The van der Waals surface area contributed by atoms with Crippen molar-refractivity contribution in [2.24, 2.45) is 0 Å². The monoisotopic (exact) mass is 642 g/mol. The molecule has 0 saturated heterocycles. The predicted octanol–water partition coefficient (Wildman–Crippen LogP) is 4.93. The number of hydrogen-bond donors (Lipinski definition) is 4. The number of aryl methyl sites for hydroxylation is 1. The highest BCUT2D eigenvalue weighted by atomic mass is 35.5. The Morgan fingerprint density at radius 3 is 2.58 bits per heavy atom. The molecule has 226 valence electrons. The number of rotatable bonds is 10. The van der Waals surface area contributed by atoms with Crippen LogP contribution in [0.1, 0.15) is 39.8 Å². The summed E-state index contributed by atoms with van der Waals surface area (Å²) >= 11 is 12.9. The number of aromatic carboxylic acids is 1. The van der Waals surface area contributed by atoms with Crippen LogP contribution in [0.15, 0.2) is 83.9 Å². The van der Waals surface area contributed by atoms with Gasteiger partial charge in [0.15, 0.2) is 0 Å². The van der Waals surface area contributed by atoms with Gasteiger partial charge in [0.25, 0.3) is 0 Å². The number of fused-ring (bicyclic) bond motifs is 1. The van der Waals surface area contributed by atoms with Gasteiger partial charge in [-0.25, -0.2) is 14.5 Å². The Morgan fingerprint density at radius 1 is 1.00 bits per heavy atom. The van der Waals surface area contributed by atoms with E-state index < -0.39 is 17.6 Å². The number of carboxylic acid groups (broad SMARTS) is 1. The normalized spacial score (nSPS) is 11.9. The molecule has 0 fully saturated rings. The maximum absolute atomic E-state index is 13.4. The van der Waals surface area contributed by atoms with Crippen LogP contribution in [0.5, 0.6) is 0 Å². The summed E-state index contributed by atoms with van der Waals surface area (Å²) < 4.78 is 1.51. The van der Waals surface area contributed by atoms with Crippen LogP contribution in [-0.2, 0) is 17.6 Å². The van der Waals surface area contributed by atoms with Crippen molar-refractivity contribution >= 4 is 46.0 Å². The third-order valence-electron chi connectivity index (χ3n) is 7.23. The molecule has 0 aliphatic heterocycles. The fourth-order valence-corrected chi connectivity index (χ4v) is 5.58. The minimum atomic E-state index is -1.23. The van der Waals surface area contributed by atoms with E-state index in [-0.39, 0.29) is 23.0 Å². The second kappa shape index (κ2) is 12.7. The van der Waals surface area contributed by atoms with Gasteiger partial charge in [-0.15, -0.1) is 5.10 Å². The number of nitrogens with zero attached hydrogens (tertiary/aromatic N) is 5. The second-order valence-electron chi connectivity index (χ2n) is 10.2. The molecule has 0 saturated carbocycles. The molecule has 45 heavy (non-hydrogen) atoms. The first-order valence-electron chi connectivity index (χ1n) is 13.8. The zero-order chi connectivity index (χ0) is 31.5. The molecule has 0 aliphatic carbocycles. The molecule has 4 N–H and O–H groups in total. The number of tetrazole rings is 1. The first kappa shape index (κ1) is 29.7. The summed E-state index contributed by atoms with van der Waals surface area (Å²) in [6.45, 7) is 0. The largest absolute Gasteiger partial charge is 0.478 e. The highest BCUT2D eigenvalue weighted by Gasteiger charge is 2.23. The van der Waals surface area contributed by atoms with E-state index in [9.17, 15) is 19.5 Å². The number of H-pyrrole nitrogens is 2. The van der Waals surface area contributed by atoms with Gasteiger partial charge in [-0.05, 0) is 64.7 Å². The van der Waals surface area contributed by atoms with Crippen LogP contribution in [-0.4, -0.2) is 52.1 Å². The van der Waals surface area contributed by atoms with Crippen LogP contribution in [0.2, 0.25) is 10.2 Å². The highest BCUT2D eigenvalue weighted by molar-refractivity contribution is 6.32. The van der Waals surface area contributed by atoms with Crippen molar-refractivity contribution < 1.29 is 14.7 Å². The molecule has 1 atom stereocenters. The molecule has 6 aromatic rings. The van der Waals surface area contributed by atoms with Crippen molar-refractivity contribution in [1.82, 2.24) is 40.5 Å². The molecule has 6 rings (SSSR count). The number of hydrogen-bond acceptors (Lipinski definition) is 7. The lowest BCUT2D eigenvalue weighted by atomic mass is 10.0. The fraction of sp³-hybridized carbons (Fsp3) is 0.129. The van der Waals surface area contributed by atoms with Crippen molar-refractivity contribution in [3.05, 3.63) is 122 Å². The van der Waals surface area contributed by atoms with Gasteiger partial charge in [0, 0.05) is 34.0 Å². The summed E-state index contributed by atoms with van der Waals surface area (Å²) in [5.41, 5.74) is 3.09. The van der Waals surface area contributed by atoms with Crippen LogP contribution in [0.25, 0.3) is 27.8 Å². The number of benzene rings is 3. The Bertz CT molecular complexity index is 2080. The molecule has 0 unspecified atom stereocenters. The van der Waals surface area contributed by atoms with Crippen LogP contribution in [0.3, 0.4) is 0 Å². The van der Waals surface area contributed by atoms with Gasteiger partial charge >= 0.3 is 5.97 Å². The topological polar surface area (TPSA) is 172 Å². The third kappa shape index (κ3) is 6.61. The standard InChI is InChI=1S/C31H24Cl2N8O4/c32-20-8-10-25(41-16-34-39-40-41)18(13-20)7-11-26(42)36-24(12-17-4-2-1-3-5-17)30-37-28(29(33)38-30)19-6-9-23-21(14-19)22(31(44)45)15-27(43)35-23/h1-6,8-10,13-16,24H,7,11-12H2,(H,35,43)(H,36,42)(H,37,38)(H,44,45)/t24-/m0/s1. The van der Waals surface area contributed by atoms with Crippen molar-refractivity contribution in [2.45, 2.75) is 25.3 Å². The first-order valence-corrected chi connectivity index (χ1v) is 14.5. The number of aromatic nitrogens is 7. The number of nitrogens with one attached hydrogen (secondary N) is 3. The van der Waals surface area contributed by atoms with Crippen molar-refractivity contribution in [1.29, 1.82) is 0 Å². The molecule has 3 aromatic carbocycles. The van der Waals surface area contributed by atoms with Gasteiger partial charge in [0.1, 0.15) is 23.0 Å². The fourth-order valence-electron chi connectivity index (χ4n) is 5.13. The smallest absolute Gasteiger partial charge is 0.336 e. The minimum absolute atomic E-state index is 0.139. The number of aromatic amines is 2. The number of amides is 1. The second-order valence-corrected chi connectivity index (χ2v) is 11.0. The van der Waals surface area contributed by atoms with Crippen LogP contribution in [0, 0.1) is 0 Å². The van der Waals surface area contributed by atoms with Crippen LogP contribution >= 0.6 is 23.2 Å². The van der Waals surface area contributed by atoms with E-state index in [0.29, 0.717) is 51.5 Å². The summed E-state index contributed by atoms with van der Waals surface area (Å²) in [5, 5.41) is 25.1. The summed E-state index contributed by atoms with van der Waals surface area (Å²) in [5.74, 6) is -1.04. The number of carbonyl (C=O) groups is 2. The van der Waals surface area contributed by atoms with Gasteiger partial charge in [-0.3, -0.25) is 9.59 Å². The lowest BCUT2D eigenvalue weighted by Crippen LogP contribution is -2.31. The molecule has 3 aromatic heterocycles. The van der Waals surface area contributed by atoms with Gasteiger partial charge in [0.05, 0.1) is 17.3 Å². The molecular formula is C31H24Cl2N8O4. The van der Waals surface area contributed by atoms with E-state index >= 15 is 0 Å². The van der Waals surface area contributed by atoms with E-state index in [0.717, 1.165) is 17.2 Å². The van der Waals surface area contributed by atoms with Crippen molar-refractivity contribution in [3.8, 4) is 16.9 Å². The average molecular weight is 643 g/mol. The third-order valence-corrected chi connectivity index (χ3v) is 7.74. The number of pyridine rings is 1. The lowest BCUT2D eigenvalue weighted by molar-refractivity contribution is -0.121. The van der Waals surface area contributed by atoms with Crippen LogP contribution < -0.4 is 10.9 Å². The Labute approximate surface area is 265 Å². The average Bonchev–Trinajstić information content (AvgIpc) is 3.70. The molecule has 0 spiro atoms. The quantitative estimate of drug-likeness (QED) is 0.163. The zero-order valence-corrected chi connectivity index (χ0v) is 24.9. The molecular weight excluding hydrogens is 619 g/mol. The van der Waals surface area contributed by atoms with Gasteiger partial charge in [-0.1, -0.05) is 59.6 Å². The Morgan fingerprint density at radius 2 is 1.82 bits per heavy atom. The molecule has 12 nitrogen and oxygen atoms in total. The summed E-state index contributed by atoms with van der Waals surface area (Å²) in [6, 6.07) is 20.3. The molecule has 3 heterocycles. The maximum Gasteiger partial charge on any atom is 0.336 e. The van der Waals surface area contributed by atoms with Gasteiger partial charge in [-0.2, -0.15) is 0 Å². The highest BCUT2D eigenvalue weighted by Crippen LogP contribution is 2.31. The molecule has 0 aliphatic rings. The summed E-state index contributed by atoms with van der Waals surface area (Å²) in [6.07, 6.45) is 2.40. The number of carbonyl (C=O) groups excluding carboxylic acids is 1. The molecule has 0 bridgehead atoms. The Balaban J connectivity index is 1.28. The van der Waals surface area contributed by atoms with E-state index in [4.69, 9.17) is 28.2 Å². The van der Waals surface area contributed by atoms with Crippen LogP contribution in [0.4, 0.5) is 0 Å².